The van der Waals surface area contributed by atoms with Gasteiger partial charge in [-0.05, 0) is 24.1 Å². The molecular weight excluding hydrogens is 255 g/mol. The maximum Gasteiger partial charge on any atom is 0.416 e. The van der Waals surface area contributed by atoms with Crippen molar-refractivity contribution in [3.05, 3.63) is 53.6 Å². The van der Waals surface area contributed by atoms with Crippen LogP contribution in [0.3, 0.4) is 0 Å². The molecule has 0 aliphatic heterocycles. The second-order valence-corrected chi connectivity index (χ2v) is 4.47. The first-order valence-corrected chi connectivity index (χ1v) is 5.76. The van der Waals surface area contributed by atoms with E-state index < -0.39 is 11.7 Å². The van der Waals surface area contributed by atoms with Gasteiger partial charge in [0.05, 0.1) is 23.6 Å². The largest absolute Gasteiger partial charge is 0.416 e. The topological polar surface area (TPSA) is 43.8 Å². The Labute approximate surface area is 108 Å². The zero-order chi connectivity index (χ0) is 14.0. The number of aryl methyl sites for hydroxylation is 1. The third kappa shape index (κ3) is 3.35. The molecule has 1 atom stereocenters. The van der Waals surface area contributed by atoms with Crippen LogP contribution in [0.15, 0.2) is 36.8 Å². The minimum absolute atomic E-state index is 0.321. The Balaban J connectivity index is 2.07. The van der Waals surface area contributed by atoms with Crippen LogP contribution in [0.4, 0.5) is 13.2 Å². The number of hydrogen-bond donors (Lipinski definition) is 1. The predicted molar refractivity (Wildman–Crippen MR) is 65.3 cm³/mol. The van der Waals surface area contributed by atoms with Crippen molar-refractivity contribution in [2.45, 2.75) is 18.6 Å². The maximum atomic E-state index is 12.4. The Hall–Kier alpha value is -1.82. The van der Waals surface area contributed by atoms with Crippen molar-refractivity contribution in [1.29, 1.82) is 0 Å². The molecule has 2 N–H and O–H groups in total. The van der Waals surface area contributed by atoms with Crippen molar-refractivity contribution in [2.75, 3.05) is 0 Å². The third-order valence-corrected chi connectivity index (χ3v) is 2.84. The van der Waals surface area contributed by atoms with Crippen molar-refractivity contribution in [2.24, 2.45) is 12.8 Å². The zero-order valence-electron chi connectivity index (χ0n) is 10.4. The van der Waals surface area contributed by atoms with E-state index >= 15 is 0 Å². The Morgan fingerprint density at radius 1 is 1.26 bits per heavy atom. The van der Waals surface area contributed by atoms with Crippen LogP contribution < -0.4 is 5.73 Å². The van der Waals surface area contributed by atoms with Crippen LogP contribution >= 0.6 is 0 Å². The van der Waals surface area contributed by atoms with Crippen LogP contribution in [0.5, 0.6) is 0 Å². The van der Waals surface area contributed by atoms with Crippen LogP contribution in [0.2, 0.25) is 0 Å². The average Bonchev–Trinajstić information content (AvgIpc) is 2.75. The second kappa shape index (κ2) is 5.05. The molecule has 1 unspecified atom stereocenters. The number of imidazole rings is 1. The van der Waals surface area contributed by atoms with E-state index in [0.717, 1.165) is 23.4 Å². The maximum absolute atomic E-state index is 12.4. The summed E-state index contributed by atoms with van der Waals surface area (Å²) in [6, 6.07) is 4.72. The smallest absolute Gasteiger partial charge is 0.340 e. The van der Waals surface area contributed by atoms with Gasteiger partial charge in [0.1, 0.15) is 0 Å². The molecule has 0 spiro atoms. The van der Waals surface area contributed by atoms with Gasteiger partial charge in [-0.3, -0.25) is 0 Å². The standard InChI is InChI=1S/C13H14F3N3/c1-19-7-12(18-8-19)11(17)6-9-2-4-10(5-3-9)13(14,15)16/h2-5,7-8,11H,6,17H2,1H3. The second-order valence-electron chi connectivity index (χ2n) is 4.47. The molecule has 1 aromatic heterocycles. The number of halogens is 3. The molecule has 0 saturated carbocycles. The molecule has 2 aromatic rings. The molecule has 1 aromatic carbocycles. The van der Waals surface area contributed by atoms with Crippen LogP contribution in [0.1, 0.15) is 22.9 Å². The number of nitrogens with two attached hydrogens (primary N) is 1. The molecular formula is C13H14F3N3. The lowest BCUT2D eigenvalue weighted by atomic mass is 10.0. The summed E-state index contributed by atoms with van der Waals surface area (Å²) < 4.78 is 39.0. The Morgan fingerprint density at radius 3 is 2.37 bits per heavy atom. The third-order valence-electron chi connectivity index (χ3n) is 2.84. The molecule has 0 bridgehead atoms. The van der Waals surface area contributed by atoms with Gasteiger partial charge in [0.15, 0.2) is 0 Å². The van der Waals surface area contributed by atoms with Crippen LogP contribution in [-0.4, -0.2) is 9.55 Å². The predicted octanol–water partition coefficient (Wildman–Crippen LogP) is 2.68. The minimum atomic E-state index is -4.30. The van der Waals surface area contributed by atoms with E-state index in [9.17, 15) is 13.2 Å². The number of aromatic nitrogens is 2. The summed E-state index contributed by atoms with van der Waals surface area (Å²) in [5.74, 6) is 0. The van der Waals surface area contributed by atoms with Crippen LogP contribution in [0, 0.1) is 0 Å². The van der Waals surface area contributed by atoms with Gasteiger partial charge in [0.2, 0.25) is 0 Å². The van der Waals surface area contributed by atoms with Gasteiger partial charge in [-0.2, -0.15) is 13.2 Å². The van der Waals surface area contributed by atoms with Crippen LogP contribution in [0.25, 0.3) is 0 Å². The number of benzene rings is 1. The van der Waals surface area contributed by atoms with Crippen molar-refractivity contribution in [1.82, 2.24) is 9.55 Å². The first-order chi connectivity index (χ1) is 8.86. The van der Waals surface area contributed by atoms with Crippen LogP contribution in [-0.2, 0) is 19.6 Å². The van der Waals surface area contributed by atoms with E-state index in [-0.39, 0.29) is 6.04 Å². The number of alkyl halides is 3. The number of rotatable bonds is 3. The Morgan fingerprint density at radius 2 is 1.89 bits per heavy atom. The highest BCUT2D eigenvalue weighted by Gasteiger charge is 2.29. The highest BCUT2D eigenvalue weighted by molar-refractivity contribution is 5.26. The van der Waals surface area contributed by atoms with E-state index in [2.05, 4.69) is 4.98 Å². The van der Waals surface area contributed by atoms with Gasteiger partial charge in [0, 0.05) is 13.2 Å². The average molecular weight is 269 g/mol. The lowest BCUT2D eigenvalue weighted by Gasteiger charge is -2.10. The summed E-state index contributed by atoms with van der Waals surface area (Å²) in [4.78, 5) is 4.13. The Bertz CT molecular complexity index is 543. The SMILES string of the molecule is Cn1cnc(C(N)Cc2ccc(C(F)(F)F)cc2)c1. The molecule has 3 nitrogen and oxygen atoms in total. The molecule has 0 fully saturated rings. The van der Waals surface area contributed by atoms with Gasteiger partial charge in [-0.15, -0.1) is 0 Å². The fraction of sp³-hybridized carbons (Fsp3) is 0.308. The molecule has 2 rings (SSSR count). The summed E-state index contributed by atoms with van der Waals surface area (Å²) in [6.07, 6.45) is -0.409. The van der Waals surface area contributed by atoms with Gasteiger partial charge in [-0.25, -0.2) is 4.98 Å². The van der Waals surface area contributed by atoms with Gasteiger partial charge in [-0.1, -0.05) is 12.1 Å². The quantitative estimate of drug-likeness (QED) is 0.931. The summed E-state index contributed by atoms with van der Waals surface area (Å²) >= 11 is 0. The molecule has 0 aliphatic rings. The van der Waals surface area contributed by atoms with E-state index in [1.54, 1.807) is 17.1 Å². The minimum Gasteiger partial charge on any atom is -0.340 e. The van der Waals surface area contributed by atoms with E-state index in [0.29, 0.717) is 6.42 Å². The summed E-state index contributed by atoms with van der Waals surface area (Å²) in [6.45, 7) is 0. The van der Waals surface area contributed by atoms with Crippen molar-refractivity contribution in [3.8, 4) is 0 Å². The van der Waals surface area contributed by atoms with Crippen molar-refractivity contribution in [3.63, 3.8) is 0 Å². The lowest BCUT2D eigenvalue weighted by molar-refractivity contribution is -0.137. The zero-order valence-corrected chi connectivity index (χ0v) is 10.4. The fourth-order valence-corrected chi connectivity index (χ4v) is 1.81. The first kappa shape index (κ1) is 13.6. The number of hydrogen-bond acceptors (Lipinski definition) is 2. The Kier molecular flexibility index (Phi) is 3.61. The van der Waals surface area contributed by atoms with Gasteiger partial charge >= 0.3 is 6.18 Å². The van der Waals surface area contributed by atoms with E-state index in [1.807, 2.05) is 7.05 Å². The molecule has 0 aliphatic carbocycles. The monoisotopic (exact) mass is 269 g/mol. The van der Waals surface area contributed by atoms with E-state index in [1.165, 1.54) is 12.1 Å². The van der Waals surface area contributed by atoms with E-state index in [4.69, 9.17) is 5.73 Å². The normalized spacial score (nSPS) is 13.5. The summed E-state index contributed by atoms with van der Waals surface area (Å²) in [5, 5.41) is 0. The van der Waals surface area contributed by atoms with Gasteiger partial charge < -0.3 is 10.3 Å². The summed E-state index contributed by atoms with van der Waals surface area (Å²) in [7, 11) is 1.83. The number of nitrogens with zero attached hydrogens (tertiary/aromatic N) is 2. The van der Waals surface area contributed by atoms with Crippen molar-refractivity contribution >= 4 is 0 Å². The lowest BCUT2D eigenvalue weighted by Crippen LogP contribution is -2.14. The fourth-order valence-electron chi connectivity index (χ4n) is 1.81. The first-order valence-electron chi connectivity index (χ1n) is 5.76. The molecule has 0 saturated heterocycles. The highest BCUT2D eigenvalue weighted by Crippen LogP contribution is 2.29. The molecule has 1 heterocycles. The van der Waals surface area contributed by atoms with Crippen molar-refractivity contribution < 1.29 is 13.2 Å². The van der Waals surface area contributed by atoms with Gasteiger partial charge in [0.25, 0.3) is 0 Å². The molecule has 0 radical (unpaired) electrons. The molecule has 102 valence electrons. The molecule has 19 heavy (non-hydrogen) atoms. The molecule has 0 amide bonds. The summed E-state index contributed by atoms with van der Waals surface area (Å²) in [5.41, 5.74) is 6.80. The highest BCUT2D eigenvalue weighted by atomic mass is 19.4. The molecule has 6 heteroatoms.